The fraction of sp³-hybridized carbons (Fsp3) is 0.263. The number of hydrogen-bond donors (Lipinski definition) is 1. The minimum absolute atomic E-state index is 0.284. The van der Waals surface area contributed by atoms with E-state index in [4.69, 9.17) is 5.26 Å². The zero-order chi connectivity index (χ0) is 18.6. The first-order valence-corrected chi connectivity index (χ1v) is 8.78. The molecule has 2 aromatic heterocycles. The molecule has 8 heteroatoms. The lowest BCUT2D eigenvalue weighted by atomic mass is 10.2. The number of nitriles is 1. The quantitative estimate of drug-likeness (QED) is 0.762. The molecule has 1 aliphatic rings. The van der Waals surface area contributed by atoms with Crippen molar-refractivity contribution in [3.8, 4) is 11.8 Å². The van der Waals surface area contributed by atoms with Crippen LogP contribution in [0.2, 0.25) is 0 Å². The highest BCUT2D eigenvalue weighted by Crippen LogP contribution is 2.20. The molecule has 8 nitrogen and oxygen atoms in total. The lowest BCUT2D eigenvalue weighted by Crippen LogP contribution is -2.44. The lowest BCUT2D eigenvalue weighted by Gasteiger charge is -2.34. The molecule has 0 bridgehead atoms. The Balaban J connectivity index is 1.44. The number of aromatic nitrogens is 4. The molecular weight excluding hydrogens is 340 g/mol. The maximum absolute atomic E-state index is 8.77. The molecule has 4 rings (SSSR count). The normalized spacial score (nSPS) is 14.7. The molecule has 136 valence electrons. The summed E-state index contributed by atoms with van der Waals surface area (Å²) in [7, 11) is 2.16. The Morgan fingerprint density at radius 2 is 1.67 bits per heavy atom. The maximum atomic E-state index is 8.77. The van der Waals surface area contributed by atoms with Crippen molar-refractivity contribution in [1.82, 2.24) is 24.4 Å². The first-order valence-electron chi connectivity index (χ1n) is 8.78. The summed E-state index contributed by atoms with van der Waals surface area (Å²) in [4.78, 5) is 17.2. The Morgan fingerprint density at radius 1 is 0.926 bits per heavy atom. The molecule has 27 heavy (non-hydrogen) atoms. The second-order valence-electron chi connectivity index (χ2n) is 6.50. The van der Waals surface area contributed by atoms with E-state index in [-0.39, 0.29) is 5.69 Å². The van der Waals surface area contributed by atoms with Gasteiger partial charge in [0, 0.05) is 37.6 Å². The van der Waals surface area contributed by atoms with Gasteiger partial charge in [-0.25, -0.2) is 15.0 Å². The van der Waals surface area contributed by atoms with E-state index in [9.17, 15) is 0 Å². The Labute approximate surface area is 157 Å². The molecule has 1 saturated heterocycles. The molecule has 1 aromatic carbocycles. The van der Waals surface area contributed by atoms with Crippen molar-refractivity contribution in [3.63, 3.8) is 0 Å². The summed E-state index contributed by atoms with van der Waals surface area (Å²) in [5.41, 5.74) is 2.57. The van der Waals surface area contributed by atoms with E-state index in [0.29, 0.717) is 11.6 Å². The second-order valence-corrected chi connectivity index (χ2v) is 6.50. The molecule has 0 spiro atoms. The fourth-order valence-electron chi connectivity index (χ4n) is 3.01. The van der Waals surface area contributed by atoms with Gasteiger partial charge in [0.25, 0.3) is 0 Å². The average molecular weight is 360 g/mol. The molecule has 1 fully saturated rings. The van der Waals surface area contributed by atoms with Crippen molar-refractivity contribution in [2.75, 3.05) is 43.4 Å². The molecular formula is C19H20N8. The van der Waals surface area contributed by atoms with Gasteiger partial charge in [0.1, 0.15) is 24.0 Å². The number of nitrogens with one attached hydrogen (secondary N) is 1. The highest BCUT2D eigenvalue weighted by Gasteiger charge is 2.14. The maximum Gasteiger partial charge on any atom is 0.158 e. The van der Waals surface area contributed by atoms with E-state index in [0.717, 1.165) is 31.9 Å². The number of imidazole rings is 1. The summed E-state index contributed by atoms with van der Waals surface area (Å²) in [6.07, 6.45) is 6.59. The van der Waals surface area contributed by atoms with Gasteiger partial charge in [-0.05, 0) is 31.3 Å². The van der Waals surface area contributed by atoms with Crippen LogP contribution in [-0.2, 0) is 0 Å². The highest BCUT2D eigenvalue weighted by atomic mass is 15.2. The van der Waals surface area contributed by atoms with Crippen molar-refractivity contribution in [2.24, 2.45) is 0 Å². The first kappa shape index (κ1) is 17.0. The summed E-state index contributed by atoms with van der Waals surface area (Å²) in [5.74, 6) is 1.21. The number of nitrogens with zero attached hydrogens (tertiary/aromatic N) is 7. The predicted octanol–water partition coefficient (Wildman–Crippen LogP) is 2.03. The molecule has 1 aliphatic heterocycles. The molecule has 3 aromatic rings. The predicted molar refractivity (Wildman–Crippen MR) is 103 cm³/mol. The summed E-state index contributed by atoms with van der Waals surface area (Å²) in [6.45, 7) is 4.30. The Kier molecular flexibility index (Phi) is 4.68. The van der Waals surface area contributed by atoms with Crippen LogP contribution in [0.1, 0.15) is 5.69 Å². The zero-order valence-corrected chi connectivity index (χ0v) is 15.1. The Bertz CT molecular complexity index is 931. The third kappa shape index (κ3) is 3.88. The molecule has 0 unspecified atom stereocenters. The van der Waals surface area contributed by atoms with Gasteiger partial charge in [-0.15, -0.1) is 0 Å². The van der Waals surface area contributed by atoms with E-state index >= 15 is 0 Å². The van der Waals surface area contributed by atoms with Crippen molar-refractivity contribution < 1.29 is 0 Å². The fourth-order valence-corrected chi connectivity index (χ4v) is 3.01. The standard InChI is InChI=1S/C19H20N8/c1-25-6-8-26(9-7-25)16-2-4-17(5-3-16)27-13-19(23-14-27)24-18-12-21-15(10-20)11-22-18/h2-5,11-14H,6-9H2,1H3,(H,22,24). The molecule has 3 heterocycles. The Hall–Kier alpha value is -3.44. The van der Waals surface area contributed by atoms with Crippen LogP contribution >= 0.6 is 0 Å². The topological polar surface area (TPSA) is 85.9 Å². The van der Waals surface area contributed by atoms with Gasteiger partial charge in [-0.3, -0.25) is 0 Å². The number of hydrogen-bond acceptors (Lipinski definition) is 7. The largest absolute Gasteiger partial charge is 0.369 e. The lowest BCUT2D eigenvalue weighted by molar-refractivity contribution is 0.313. The second kappa shape index (κ2) is 7.43. The highest BCUT2D eigenvalue weighted by molar-refractivity contribution is 5.54. The molecule has 0 atom stereocenters. The average Bonchev–Trinajstić information content (AvgIpc) is 3.18. The van der Waals surface area contributed by atoms with Crippen LogP contribution in [0.4, 0.5) is 17.3 Å². The van der Waals surface area contributed by atoms with E-state index in [1.165, 1.54) is 18.1 Å². The van der Waals surface area contributed by atoms with Gasteiger partial charge < -0.3 is 19.7 Å². The van der Waals surface area contributed by atoms with Crippen LogP contribution in [0, 0.1) is 11.3 Å². The van der Waals surface area contributed by atoms with Crippen molar-refractivity contribution >= 4 is 17.3 Å². The van der Waals surface area contributed by atoms with E-state index < -0.39 is 0 Å². The van der Waals surface area contributed by atoms with Gasteiger partial charge in [-0.1, -0.05) is 0 Å². The van der Waals surface area contributed by atoms with Crippen LogP contribution in [-0.4, -0.2) is 57.6 Å². The van der Waals surface area contributed by atoms with Crippen molar-refractivity contribution in [3.05, 3.63) is 54.9 Å². The Morgan fingerprint density at radius 3 is 2.33 bits per heavy atom. The number of anilines is 3. The molecule has 0 aliphatic carbocycles. The van der Waals surface area contributed by atoms with Crippen molar-refractivity contribution in [1.29, 1.82) is 5.26 Å². The smallest absolute Gasteiger partial charge is 0.158 e. The monoisotopic (exact) mass is 360 g/mol. The molecule has 0 amide bonds. The van der Waals surface area contributed by atoms with Gasteiger partial charge >= 0.3 is 0 Å². The van der Waals surface area contributed by atoms with E-state index in [1.54, 1.807) is 6.33 Å². The summed E-state index contributed by atoms with van der Waals surface area (Å²) >= 11 is 0. The van der Waals surface area contributed by atoms with Gasteiger partial charge in [-0.2, -0.15) is 5.26 Å². The van der Waals surface area contributed by atoms with Crippen LogP contribution in [0.25, 0.3) is 5.69 Å². The number of piperazine rings is 1. The minimum atomic E-state index is 0.284. The number of rotatable bonds is 4. The van der Waals surface area contributed by atoms with Crippen LogP contribution in [0.15, 0.2) is 49.2 Å². The molecule has 1 N–H and O–H groups in total. The van der Waals surface area contributed by atoms with Crippen molar-refractivity contribution in [2.45, 2.75) is 0 Å². The first-order chi connectivity index (χ1) is 13.2. The van der Waals surface area contributed by atoms with Gasteiger partial charge in [0.2, 0.25) is 0 Å². The molecule has 0 radical (unpaired) electrons. The summed E-state index contributed by atoms with van der Waals surface area (Å²) in [6, 6.07) is 10.4. The number of benzene rings is 1. The SMILES string of the molecule is CN1CCN(c2ccc(-n3cnc(Nc4cnc(C#N)cn4)c3)cc2)CC1. The van der Waals surface area contributed by atoms with E-state index in [1.807, 2.05) is 16.8 Å². The van der Waals surface area contributed by atoms with Crippen LogP contribution in [0.3, 0.4) is 0 Å². The molecule has 0 saturated carbocycles. The van der Waals surface area contributed by atoms with Gasteiger partial charge in [0.05, 0.1) is 18.6 Å². The van der Waals surface area contributed by atoms with E-state index in [2.05, 4.69) is 61.4 Å². The minimum Gasteiger partial charge on any atom is -0.369 e. The van der Waals surface area contributed by atoms with Crippen LogP contribution in [0.5, 0.6) is 0 Å². The van der Waals surface area contributed by atoms with Gasteiger partial charge in [0.15, 0.2) is 5.69 Å². The van der Waals surface area contributed by atoms with Crippen LogP contribution < -0.4 is 10.2 Å². The third-order valence-corrected chi connectivity index (χ3v) is 4.62. The number of likely N-dealkylation sites (N-methyl/N-ethyl adjacent to an activating group) is 1. The zero-order valence-electron chi connectivity index (χ0n) is 15.1. The summed E-state index contributed by atoms with van der Waals surface area (Å²) < 4.78 is 1.95. The summed E-state index contributed by atoms with van der Waals surface area (Å²) in [5, 5.41) is 11.9. The third-order valence-electron chi connectivity index (χ3n) is 4.62.